The normalized spacial score (nSPS) is 26.1. The van der Waals surface area contributed by atoms with Crippen LogP contribution >= 0.6 is 0 Å². The fourth-order valence-electron chi connectivity index (χ4n) is 1.90. The lowest BCUT2D eigenvalue weighted by Gasteiger charge is -2.27. The molecule has 1 heterocycles. The molecular weight excluding hydrogens is 170 g/mol. The zero-order chi connectivity index (χ0) is 10.6. The van der Waals surface area contributed by atoms with Gasteiger partial charge in [-0.15, -0.1) is 13.2 Å². The standard InChI is InChI=1S/C13H21N/c1-10(2)8-12-6-5-7-13(14-12)9-11(3)4/h5-6,12-14H,1,3,7-9H2,2,4H3/t12-,13+/m0/s1. The van der Waals surface area contributed by atoms with Crippen LogP contribution in [0.25, 0.3) is 0 Å². The zero-order valence-corrected chi connectivity index (χ0v) is 9.34. The Morgan fingerprint density at radius 3 is 2.50 bits per heavy atom. The highest BCUT2D eigenvalue weighted by Crippen LogP contribution is 2.15. The number of rotatable bonds is 4. The molecule has 0 aromatic rings. The fraction of sp³-hybridized carbons (Fsp3) is 0.538. The van der Waals surface area contributed by atoms with Gasteiger partial charge in [0.15, 0.2) is 0 Å². The van der Waals surface area contributed by atoms with E-state index in [1.807, 2.05) is 0 Å². The zero-order valence-electron chi connectivity index (χ0n) is 9.34. The topological polar surface area (TPSA) is 12.0 Å². The van der Waals surface area contributed by atoms with E-state index in [2.05, 4.69) is 44.5 Å². The molecule has 78 valence electrons. The van der Waals surface area contributed by atoms with Crippen LogP contribution in [0.1, 0.15) is 33.1 Å². The molecule has 0 spiro atoms. The molecule has 0 unspecified atom stereocenters. The Morgan fingerprint density at radius 2 is 1.93 bits per heavy atom. The maximum absolute atomic E-state index is 3.95. The van der Waals surface area contributed by atoms with Crippen LogP contribution in [0.2, 0.25) is 0 Å². The molecule has 1 nitrogen and oxygen atoms in total. The van der Waals surface area contributed by atoms with E-state index in [0.717, 1.165) is 19.3 Å². The van der Waals surface area contributed by atoms with Gasteiger partial charge in [0.05, 0.1) is 0 Å². The minimum atomic E-state index is 0.477. The van der Waals surface area contributed by atoms with Crippen molar-refractivity contribution in [2.75, 3.05) is 0 Å². The molecular formula is C13H21N. The minimum absolute atomic E-state index is 0.477. The molecule has 14 heavy (non-hydrogen) atoms. The summed E-state index contributed by atoms with van der Waals surface area (Å²) in [6, 6.07) is 1.05. The molecule has 0 saturated heterocycles. The van der Waals surface area contributed by atoms with E-state index in [1.165, 1.54) is 11.1 Å². The average Bonchev–Trinajstić information content (AvgIpc) is 2.01. The van der Waals surface area contributed by atoms with Crippen LogP contribution in [0.5, 0.6) is 0 Å². The molecule has 0 saturated carbocycles. The Labute approximate surface area is 87.6 Å². The van der Waals surface area contributed by atoms with Crippen LogP contribution in [-0.4, -0.2) is 12.1 Å². The van der Waals surface area contributed by atoms with Gasteiger partial charge in [0, 0.05) is 12.1 Å². The lowest BCUT2D eigenvalue weighted by atomic mass is 9.97. The number of hydrogen-bond acceptors (Lipinski definition) is 1. The van der Waals surface area contributed by atoms with Crippen molar-refractivity contribution in [2.45, 2.75) is 45.2 Å². The molecule has 0 aromatic carbocycles. The Morgan fingerprint density at radius 1 is 1.29 bits per heavy atom. The van der Waals surface area contributed by atoms with Crippen molar-refractivity contribution >= 4 is 0 Å². The monoisotopic (exact) mass is 191 g/mol. The average molecular weight is 191 g/mol. The molecule has 0 aliphatic carbocycles. The van der Waals surface area contributed by atoms with Crippen molar-refractivity contribution in [1.29, 1.82) is 0 Å². The van der Waals surface area contributed by atoms with E-state index in [4.69, 9.17) is 0 Å². The summed E-state index contributed by atoms with van der Waals surface area (Å²) in [4.78, 5) is 0. The molecule has 0 radical (unpaired) electrons. The van der Waals surface area contributed by atoms with Crippen molar-refractivity contribution in [3.8, 4) is 0 Å². The Hall–Kier alpha value is -0.820. The summed E-state index contributed by atoms with van der Waals surface area (Å²) < 4.78 is 0. The van der Waals surface area contributed by atoms with Gasteiger partial charge in [-0.2, -0.15) is 0 Å². The van der Waals surface area contributed by atoms with Crippen LogP contribution in [-0.2, 0) is 0 Å². The van der Waals surface area contributed by atoms with Crippen LogP contribution < -0.4 is 5.32 Å². The summed E-state index contributed by atoms with van der Waals surface area (Å²) in [6.07, 6.45) is 7.78. The highest BCUT2D eigenvalue weighted by atomic mass is 14.9. The van der Waals surface area contributed by atoms with Gasteiger partial charge in [0.2, 0.25) is 0 Å². The summed E-state index contributed by atoms with van der Waals surface area (Å²) in [5, 5.41) is 3.61. The molecule has 1 heteroatoms. The second-order valence-electron chi connectivity index (χ2n) is 4.46. The lowest BCUT2D eigenvalue weighted by molar-refractivity contribution is 0.445. The van der Waals surface area contributed by atoms with Gasteiger partial charge in [-0.25, -0.2) is 0 Å². The van der Waals surface area contributed by atoms with Crippen LogP contribution in [0.4, 0.5) is 0 Å². The molecule has 1 rings (SSSR count). The Bertz CT molecular complexity index is 250. The maximum Gasteiger partial charge on any atom is 0.0289 e. The second kappa shape index (κ2) is 5.16. The molecule has 1 aliphatic heterocycles. The number of nitrogens with one attached hydrogen (secondary N) is 1. The summed E-state index contributed by atoms with van der Waals surface area (Å²) in [5.41, 5.74) is 2.50. The Balaban J connectivity index is 2.43. The van der Waals surface area contributed by atoms with Crippen molar-refractivity contribution in [3.63, 3.8) is 0 Å². The van der Waals surface area contributed by atoms with Gasteiger partial charge in [-0.05, 0) is 33.1 Å². The third-order valence-electron chi connectivity index (χ3n) is 2.40. The molecule has 2 atom stereocenters. The summed E-state index contributed by atoms with van der Waals surface area (Å²) in [6.45, 7) is 12.1. The van der Waals surface area contributed by atoms with E-state index < -0.39 is 0 Å². The maximum atomic E-state index is 3.95. The quantitative estimate of drug-likeness (QED) is 0.673. The first kappa shape index (κ1) is 11.3. The van der Waals surface area contributed by atoms with E-state index in [0.29, 0.717) is 12.1 Å². The van der Waals surface area contributed by atoms with Gasteiger partial charge >= 0.3 is 0 Å². The Kier molecular flexibility index (Phi) is 4.15. The van der Waals surface area contributed by atoms with Crippen LogP contribution in [0.3, 0.4) is 0 Å². The summed E-state index contributed by atoms with van der Waals surface area (Å²) >= 11 is 0. The molecule has 1 aliphatic rings. The van der Waals surface area contributed by atoms with Crippen molar-refractivity contribution < 1.29 is 0 Å². The van der Waals surface area contributed by atoms with Crippen LogP contribution in [0.15, 0.2) is 36.5 Å². The lowest BCUT2D eigenvalue weighted by Crippen LogP contribution is -2.39. The minimum Gasteiger partial charge on any atom is -0.307 e. The van der Waals surface area contributed by atoms with E-state index in [1.54, 1.807) is 0 Å². The van der Waals surface area contributed by atoms with E-state index >= 15 is 0 Å². The van der Waals surface area contributed by atoms with Gasteiger partial charge in [-0.3, -0.25) is 0 Å². The first-order valence-corrected chi connectivity index (χ1v) is 5.29. The van der Waals surface area contributed by atoms with Gasteiger partial charge < -0.3 is 5.32 Å². The fourth-order valence-corrected chi connectivity index (χ4v) is 1.90. The van der Waals surface area contributed by atoms with Crippen molar-refractivity contribution in [3.05, 3.63) is 36.5 Å². The predicted molar refractivity (Wildman–Crippen MR) is 63.3 cm³/mol. The smallest absolute Gasteiger partial charge is 0.0289 e. The van der Waals surface area contributed by atoms with Gasteiger partial charge in [0.1, 0.15) is 0 Å². The first-order chi connectivity index (χ1) is 6.58. The SMILES string of the molecule is C=C(C)C[C@H]1CC=C[C@@H](CC(=C)C)N1. The molecule has 0 amide bonds. The van der Waals surface area contributed by atoms with Crippen LogP contribution in [0, 0.1) is 0 Å². The van der Waals surface area contributed by atoms with Crippen molar-refractivity contribution in [1.82, 2.24) is 5.32 Å². The van der Waals surface area contributed by atoms with E-state index in [9.17, 15) is 0 Å². The molecule has 0 fully saturated rings. The molecule has 0 bridgehead atoms. The van der Waals surface area contributed by atoms with Crippen molar-refractivity contribution in [2.24, 2.45) is 0 Å². The highest BCUT2D eigenvalue weighted by molar-refractivity contribution is 5.09. The third-order valence-corrected chi connectivity index (χ3v) is 2.40. The van der Waals surface area contributed by atoms with E-state index in [-0.39, 0.29) is 0 Å². The summed E-state index contributed by atoms with van der Waals surface area (Å²) in [7, 11) is 0. The second-order valence-corrected chi connectivity index (χ2v) is 4.46. The van der Waals surface area contributed by atoms with Gasteiger partial charge in [0.25, 0.3) is 0 Å². The third kappa shape index (κ3) is 3.93. The first-order valence-electron chi connectivity index (χ1n) is 5.29. The molecule has 0 aromatic heterocycles. The number of hydrogen-bond donors (Lipinski definition) is 1. The summed E-state index contributed by atoms with van der Waals surface area (Å²) in [5.74, 6) is 0. The molecule has 1 N–H and O–H groups in total. The van der Waals surface area contributed by atoms with Gasteiger partial charge in [-0.1, -0.05) is 23.3 Å². The highest BCUT2D eigenvalue weighted by Gasteiger charge is 2.16. The largest absolute Gasteiger partial charge is 0.307 e. The predicted octanol–water partition coefficient (Wildman–Crippen LogP) is 3.21.